The van der Waals surface area contributed by atoms with Gasteiger partial charge in [-0.25, -0.2) is 0 Å². The highest BCUT2D eigenvalue weighted by molar-refractivity contribution is 6.31. The molecule has 1 atom stereocenters. The molecule has 1 aromatic carbocycles. The van der Waals surface area contributed by atoms with Crippen molar-refractivity contribution in [3.05, 3.63) is 59.2 Å². The number of halogens is 1. The van der Waals surface area contributed by atoms with Crippen molar-refractivity contribution in [2.45, 2.75) is 32.4 Å². The third-order valence-electron chi connectivity index (χ3n) is 5.70. The predicted molar refractivity (Wildman–Crippen MR) is 109 cm³/mol. The number of hydrogen-bond acceptors (Lipinski definition) is 4. The maximum absolute atomic E-state index is 13.0. The summed E-state index contributed by atoms with van der Waals surface area (Å²) in [4.78, 5) is 28.5. The van der Waals surface area contributed by atoms with Gasteiger partial charge in [0.1, 0.15) is 5.82 Å². The van der Waals surface area contributed by atoms with E-state index in [2.05, 4.69) is 21.3 Å². The molecule has 0 radical (unpaired) electrons. The van der Waals surface area contributed by atoms with E-state index < -0.39 is 0 Å². The van der Waals surface area contributed by atoms with Crippen molar-refractivity contribution in [1.82, 2.24) is 24.6 Å². The second-order valence-electron chi connectivity index (χ2n) is 7.54. The van der Waals surface area contributed by atoms with E-state index in [0.29, 0.717) is 44.2 Å². The van der Waals surface area contributed by atoms with E-state index in [-0.39, 0.29) is 17.7 Å². The van der Waals surface area contributed by atoms with Crippen molar-refractivity contribution in [3.8, 4) is 0 Å². The lowest BCUT2D eigenvalue weighted by molar-refractivity contribution is -0.140. The first-order valence-corrected chi connectivity index (χ1v) is 10.3. The second kappa shape index (κ2) is 8.37. The average molecular weight is 414 g/mol. The number of fused-ring (bicyclic) bond motifs is 1. The Hall–Kier alpha value is -2.67. The topological polar surface area (TPSA) is 71.3 Å². The number of likely N-dealkylation sites (tertiary alicyclic amines) is 1. The Bertz CT molecular complexity index is 941. The minimum absolute atomic E-state index is 0.0912. The molecule has 0 saturated carbocycles. The zero-order valence-electron chi connectivity index (χ0n) is 16.3. The number of carbonyl (C=O) groups excluding carboxylic acids is 2. The molecule has 152 valence electrons. The molecule has 4 rings (SSSR count). The van der Waals surface area contributed by atoms with Crippen LogP contribution in [-0.4, -0.2) is 56.0 Å². The quantitative estimate of drug-likeness (QED) is 0.721. The summed E-state index contributed by atoms with van der Waals surface area (Å²) in [7, 11) is 0. The molecule has 2 aliphatic heterocycles. The summed E-state index contributed by atoms with van der Waals surface area (Å²) >= 11 is 6.28. The largest absolute Gasteiger partial charge is 0.338 e. The minimum Gasteiger partial charge on any atom is -0.338 e. The fourth-order valence-corrected chi connectivity index (χ4v) is 4.32. The average Bonchev–Trinajstić information content (AvgIpc) is 3.16. The van der Waals surface area contributed by atoms with Gasteiger partial charge in [0.15, 0.2) is 5.82 Å². The molecule has 0 N–H and O–H groups in total. The summed E-state index contributed by atoms with van der Waals surface area (Å²) < 4.78 is 2.08. The zero-order chi connectivity index (χ0) is 20.4. The first-order chi connectivity index (χ1) is 14.1. The molecule has 8 heteroatoms. The lowest BCUT2D eigenvalue weighted by Gasteiger charge is -2.36. The summed E-state index contributed by atoms with van der Waals surface area (Å²) in [6.45, 7) is 6.42. The number of hydrogen-bond donors (Lipinski definition) is 0. The Balaban J connectivity index is 1.43. The zero-order valence-corrected chi connectivity index (χ0v) is 17.0. The van der Waals surface area contributed by atoms with Gasteiger partial charge in [-0.2, -0.15) is 0 Å². The maximum atomic E-state index is 13.0. The van der Waals surface area contributed by atoms with E-state index in [1.54, 1.807) is 4.90 Å². The van der Waals surface area contributed by atoms with E-state index in [9.17, 15) is 9.59 Å². The van der Waals surface area contributed by atoms with Crippen LogP contribution in [0.5, 0.6) is 0 Å². The van der Waals surface area contributed by atoms with E-state index in [1.807, 2.05) is 29.2 Å². The van der Waals surface area contributed by atoms with Gasteiger partial charge in [0.2, 0.25) is 11.8 Å². The summed E-state index contributed by atoms with van der Waals surface area (Å²) in [6, 6.07) is 7.72. The highest BCUT2D eigenvalue weighted by Gasteiger charge is 2.33. The van der Waals surface area contributed by atoms with Gasteiger partial charge in [-0.05, 0) is 30.5 Å². The fourth-order valence-electron chi connectivity index (χ4n) is 4.12. The van der Waals surface area contributed by atoms with Gasteiger partial charge in [0, 0.05) is 37.6 Å². The van der Waals surface area contributed by atoms with Crippen LogP contribution < -0.4 is 0 Å². The first kappa shape index (κ1) is 19.6. The number of nitrogens with zero attached hydrogens (tertiary/aromatic N) is 5. The van der Waals surface area contributed by atoms with E-state index in [4.69, 9.17) is 11.6 Å². The Morgan fingerprint density at radius 1 is 1.17 bits per heavy atom. The van der Waals surface area contributed by atoms with Crippen LogP contribution >= 0.6 is 11.6 Å². The molecule has 29 heavy (non-hydrogen) atoms. The number of piperidine rings is 1. The standard InChI is InChI=1S/C21H24ClN5O2/c1-2-20(28)25-9-5-7-16(13-25)21(29)26-10-11-27-18(23-24-19(27)14-26)12-15-6-3-4-8-17(15)22/h2-4,6,8,16H,1,5,7,9-14H2/t16-/m1/s1. The van der Waals surface area contributed by atoms with Gasteiger partial charge in [0.25, 0.3) is 0 Å². The lowest BCUT2D eigenvalue weighted by Crippen LogP contribution is -2.48. The number of benzene rings is 1. The lowest BCUT2D eigenvalue weighted by atomic mass is 9.96. The van der Waals surface area contributed by atoms with E-state index >= 15 is 0 Å². The van der Waals surface area contributed by atoms with Crippen LogP contribution in [0.15, 0.2) is 36.9 Å². The van der Waals surface area contributed by atoms with Crippen LogP contribution in [0.25, 0.3) is 0 Å². The van der Waals surface area contributed by atoms with Crippen LogP contribution in [0.2, 0.25) is 5.02 Å². The van der Waals surface area contributed by atoms with Crippen molar-refractivity contribution in [2.75, 3.05) is 19.6 Å². The number of rotatable bonds is 4. The van der Waals surface area contributed by atoms with Crippen LogP contribution in [0.3, 0.4) is 0 Å². The van der Waals surface area contributed by atoms with Gasteiger partial charge < -0.3 is 14.4 Å². The second-order valence-corrected chi connectivity index (χ2v) is 7.95. The van der Waals surface area contributed by atoms with Gasteiger partial charge in [0.05, 0.1) is 12.5 Å². The third-order valence-corrected chi connectivity index (χ3v) is 6.07. The Labute approximate surface area is 175 Å². The van der Waals surface area contributed by atoms with Gasteiger partial charge in [-0.15, -0.1) is 10.2 Å². The normalized spacial score (nSPS) is 19.0. The molecule has 1 saturated heterocycles. The molecule has 0 unspecified atom stereocenters. The van der Waals surface area contributed by atoms with E-state index in [0.717, 1.165) is 30.1 Å². The van der Waals surface area contributed by atoms with Crippen molar-refractivity contribution < 1.29 is 9.59 Å². The summed E-state index contributed by atoms with van der Waals surface area (Å²) in [5.74, 6) is 1.48. The number of aromatic nitrogens is 3. The highest BCUT2D eigenvalue weighted by Crippen LogP contribution is 2.23. The third kappa shape index (κ3) is 4.05. The van der Waals surface area contributed by atoms with Gasteiger partial charge in [-0.1, -0.05) is 36.4 Å². The molecular weight excluding hydrogens is 390 g/mol. The Morgan fingerprint density at radius 3 is 2.79 bits per heavy atom. The molecule has 1 fully saturated rings. The van der Waals surface area contributed by atoms with Gasteiger partial charge in [-0.3, -0.25) is 9.59 Å². The maximum Gasteiger partial charge on any atom is 0.245 e. The molecular formula is C21H24ClN5O2. The van der Waals surface area contributed by atoms with Crippen molar-refractivity contribution in [3.63, 3.8) is 0 Å². The van der Waals surface area contributed by atoms with Crippen molar-refractivity contribution >= 4 is 23.4 Å². The van der Waals surface area contributed by atoms with Crippen LogP contribution in [0.1, 0.15) is 30.1 Å². The summed E-state index contributed by atoms with van der Waals surface area (Å²) in [6.07, 6.45) is 3.57. The molecule has 0 aliphatic carbocycles. The minimum atomic E-state index is -0.162. The summed E-state index contributed by atoms with van der Waals surface area (Å²) in [5.41, 5.74) is 1.01. The van der Waals surface area contributed by atoms with Crippen molar-refractivity contribution in [1.29, 1.82) is 0 Å². The van der Waals surface area contributed by atoms with Crippen molar-refractivity contribution in [2.24, 2.45) is 5.92 Å². The number of amides is 2. The Kier molecular flexibility index (Phi) is 5.67. The van der Waals surface area contributed by atoms with Crippen LogP contribution in [0.4, 0.5) is 0 Å². The molecule has 2 aromatic rings. The first-order valence-electron chi connectivity index (χ1n) is 9.91. The molecule has 0 spiro atoms. The van der Waals surface area contributed by atoms with Gasteiger partial charge >= 0.3 is 0 Å². The van der Waals surface area contributed by atoms with Crippen LogP contribution in [0, 0.1) is 5.92 Å². The fraction of sp³-hybridized carbons (Fsp3) is 0.429. The monoisotopic (exact) mass is 413 g/mol. The highest BCUT2D eigenvalue weighted by atomic mass is 35.5. The molecule has 2 amide bonds. The smallest absolute Gasteiger partial charge is 0.245 e. The predicted octanol–water partition coefficient (Wildman–Crippen LogP) is 2.29. The molecule has 2 aliphatic rings. The summed E-state index contributed by atoms with van der Waals surface area (Å²) in [5, 5.41) is 9.37. The number of carbonyl (C=O) groups is 2. The van der Waals surface area contributed by atoms with E-state index in [1.165, 1.54) is 6.08 Å². The SMILES string of the molecule is C=CC(=O)N1CCC[C@@H](C(=O)N2CCn3c(Cc4ccccc4Cl)nnc3C2)C1. The Morgan fingerprint density at radius 2 is 2.00 bits per heavy atom. The molecule has 3 heterocycles. The molecule has 1 aromatic heterocycles. The van der Waals surface area contributed by atoms with Crippen LogP contribution in [-0.2, 0) is 29.1 Å². The molecule has 7 nitrogen and oxygen atoms in total. The molecule has 0 bridgehead atoms.